The average Bonchev–Trinajstić information content (AvgIpc) is 2.38. The molecule has 0 aliphatic rings. The Morgan fingerprint density at radius 1 is 1.17 bits per heavy atom. The van der Waals surface area contributed by atoms with Gasteiger partial charge in [-0.2, -0.15) is 0 Å². The summed E-state index contributed by atoms with van der Waals surface area (Å²) in [5, 5.41) is 11.3. The van der Waals surface area contributed by atoms with E-state index >= 15 is 0 Å². The Kier molecular flexibility index (Phi) is 3.69. The fourth-order valence-corrected chi connectivity index (χ4v) is 2.38. The predicted molar refractivity (Wildman–Crippen MR) is 71.1 cm³/mol. The van der Waals surface area contributed by atoms with E-state index in [-0.39, 0.29) is 5.82 Å². The normalized spacial score (nSPS) is 14.2. The van der Waals surface area contributed by atoms with Crippen LogP contribution in [0, 0.1) is 5.82 Å². The van der Waals surface area contributed by atoms with Gasteiger partial charge in [-0.1, -0.05) is 48.9 Å². The number of aliphatic hydroxyl groups is 1. The average molecular weight is 265 g/mol. The molecule has 0 saturated carbocycles. The fraction of sp³-hybridized carbons (Fsp3) is 0.200. The minimum Gasteiger partial charge on any atom is -0.380 e. The Labute approximate surface area is 111 Å². The van der Waals surface area contributed by atoms with Crippen molar-refractivity contribution in [1.29, 1.82) is 0 Å². The van der Waals surface area contributed by atoms with Gasteiger partial charge in [0.25, 0.3) is 0 Å². The lowest BCUT2D eigenvalue weighted by atomic mass is 9.84. The number of halogens is 2. The highest BCUT2D eigenvalue weighted by Gasteiger charge is 2.31. The third-order valence-corrected chi connectivity index (χ3v) is 3.46. The van der Waals surface area contributed by atoms with E-state index in [1.165, 1.54) is 12.1 Å². The molecule has 18 heavy (non-hydrogen) atoms. The van der Waals surface area contributed by atoms with Crippen molar-refractivity contribution in [2.75, 3.05) is 0 Å². The van der Waals surface area contributed by atoms with Crippen LogP contribution in [0.2, 0.25) is 5.02 Å². The molecule has 1 atom stereocenters. The predicted octanol–water partition coefficient (Wildman–Crippen LogP) is 4.13. The molecule has 0 aliphatic carbocycles. The monoisotopic (exact) mass is 264 g/mol. The summed E-state index contributed by atoms with van der Waals surface area (Å²) in [6.45, 7) is 1.84. The van der Waals surface area contributed by atoms with Crippen LogP contribution in [0.25, 0.3) is 0 Å². The summed E-state index contributed by atoms with van der Waals surface area (Å²) in [6, 6.07) is 13.1. The van der Waals surface area contributed by atoms with Crippen LogP contribution in [0.15, 0.2) is 48.5 Å². The van der Waals surface area contributed by atoms with E-state index in [2.05, 4.69) is 0 Å². The smallest absolute Gasteiger partial charge is 0.123 e. The fourth-order valence-electron chi connectivity index (χ4n) is 2.09. The van der Waals surface area contributed by atoms with Crippen LogP contribution in [-0.2, 0) is 5.60 Å². The van der Waals surface area contributed by atoms with Crippen LogP contribution in [0.3, 0.4) is 0 Å². The molecule has 0 saturated heterocycles. The third kappa shape index (κ3) is 2.26. The van der Waals surface area contributed by atoms with Gasteiger partial charge < -0.3 is 5.11 Å². The molecule has 94 valence electrons. The van der Waals surface area contributed by atoms with Crippen LogP contribution >= 0.6 is 11.6 Å². The van der Waals surface area contributed by atoms with Gasteiger partial charge in [-0.3, -0.25) is 0 Å². The molecule has 2 aromatic rings. The Morgan fingerprint density at radius 2 is 1.89 bits per heavy atom. The van der Waals surface area contributed by atoms with E-state index in [9.17, 15) is 9.50 Å². The third-order valence-electron chi connectivity index (χ3n) is 3.13. The Balaban J connectivity index is 2.59. The van der Waals surface area contributed by atoms with Crippen molar-refractivity contribution in [2.24, 2.45) is 0 Å². The van der Waals surface area contributed by atoms with Gasteiger partial charge >= 0.3 is 0 Å². The van der Waals surface area contributed by atoms with Crippen molar-refractivity contribution >= 4 is 11.6 Å². The summed E-state index contributed by atoms with van der Waals surface area (Å²) in [6.07, 6.45) is 0.417. The second-order valence-electron chi connectivity index (χ2n) is 4.20. The zero-order valence-electron chi connectivity index (χ0n) is 10.0. The highest BCUT2D eigenvalue weighted by Crippen LogP contribution is 2.36. The largest absolute Gasteiger partial charge is 0.380 e. The lowest BCUT2D eigenvalue weighted by Gasteiger charge is -2.29. The van der Waals surface area contributed by atoms with Crippen molar-refractivity contribution in [3.05, 3.63) is 70.5 Å². The van der Waals surface area contributed by atoms with E-state index in [0.717, 1.165) is 0 Å². The molecule has 0 radical (unpaired) electrons. The molecule has 2 aromatic carbocycles. The van der Waals surface area contributed by atoms with Crippen LogP contribution in [0.1, 0.15) is 24.5 Å². The van der Waals surface area contributed by atoms with Crippen molar-refractivity contribution < 1.29 is 9.50 Å². The van der Waals surface area contributed by atoms with Gasteiger partial charge in [0.15, 0.2) is 0 Å². The summed E-state index contributed by atoms with van der Waals surface area (Å²) in [4.78, 5) is 0. The van der Waals surface area contributed by atoms with Gasteiger partial charge in [0.1, 0.15) is 11.4 Å². The molecule has 3 heteroatoms. The summed E-state index contributed by atoms with van der Waals surface area (Å²) in [5.74, 6) is -0.369. The van der Waals surface area contributed by atoms with Gasteiger partial charge in [0.05, 0.1) is 0 Å². The molecule has 1 nitrogen and oxygen atoms in total. The van der Waals surface area contributed by atoms with E-state index in [1.807, 2.05) is 6.92 Å². The Hall–Kier alpha value is -1.38. The highest BCUT2D eigenvalue weighted by atomic mass is 35.5. The van der Waals surface area contributed by atoms with Crippen LogP contribution in [-0.4, -0.2) is 5.11 Å². The SMILES string of the molecule is CCC(O)(c1cccc(F)c1)c1ccccc1Cl. The topological polar surface area (TPSA) is 20.2 Å². The van der Waals surface area contributed by atoms with Crippen molar-refractivity contribution in [3.63, 3.8) is 0 Å². The van der Waals surface area contributed by atoms with Gasteiger partial charge in [0, 0.05) is 10.6 Å². The first kappa shape index (κ1) is 13.1. The molecule has 2 rings (SSSR count). The number of rotatable bonds is 3. The maximum atomic E-state index is 13.3. The number of hydrogen-bond acceptors (Lipinski definition) is 1. The maximum Gasteiger partial charge on any atom is 0.123 e. The first-order valence-electron chi connectivity index (χ1n) is 5.81. The molecule has 0 bridgehead atoms. The molecule has 0 spiro atoms. The molecule has 0 fully saturated rings. The first-order valence-corrected chi connectivity index (χ1v) is 6.19. The second-order valence-corrected chi connectivity index (χ2v) is 4.61. The van der Waals surface area contributed by atoms with Crippen LogP contribution < -0.4 is 0 Å². The van der Waals surface area contributed by atoms with Gasteiger partial charge in [-0.15, -0.1) is 0 Å². The molecule has 1 unspecified atom stereocenters. The first-order chi connectivity index (χ1) is 8.58. The quantitative estimate of drug-likeness (QED) is 0.884. The molecule has 0 heterocycles. The van der Waals surface area contributed by atoms with Gasteiger partial charge in [0.2, 0.25) is 0 Å². The van der Waals surface area contributed by atoms with E-state index in [4.69, 9.17) is 11.6 Å². The van der Waals surface area contributed by atoms with Gasteiger partial charge in [-0.05, 0) is 30.2 Å². The van der Waals surface area contributed by atoms with Crippen molar-refractivity contribution in [1.82, 2.24) is 0 Å². The summed E-state index contributed by atoms with van der Waals surface area (Å²) < 4.78 is 13.3. The lowest BCUT2D eigenvalue weighted by Crippen LogP contribution is -2.26. The van der Waals surface area contributed by atoms with Gasteiger partial charge in [-0.25, -0.2) is 4.39 Å². The van der Waals surface area contributed by atoms with E-state index < -0.39 is 5.60 Å². The Bertz CT molecular complexity index is 556. The minimum atomic E-state index is -1.26. The summed E-state index contributed by atoms with van der Waals surface area (Å²) >= 11 is 6.12. The zero-order valence-corrected chi connectivity index (χ0v) is 10.8. The molecule has 0 aliphatic heterocycles. The molecule has 1 N–H and O–H groups in total. The van der Waals surface area contributed by atoms with Crippen molar-refractivity contribution in [3.8, 4) is 0 Å². The van der Waals surface area contributed by atoms with Crippen LogP contribution in [0.4, 0.5) is 4.39 Å². The molecule has 0 amide bonds. The minimum absolute atomic E-state index is 0.369. The second kappa shape index (κ2) is 5.09. The van der Waals surface area contributed by atoms with E-state index in [1.54, 1.807) is 36.4 Å². The summed E-state index contributed by atoms with van der Waals surface area (Å²) in [5.41, 5.74) is -0.154. The maximum absolute atomic E-state index is 13.3. The molecule has 0 aromatic heterocycles. The molecular formula is C15H14ClFO. The van der Waals surface area contributed by atoms with Crippen LogP contribution in [0.5, 0.6) is 0 Å². The lowest BCUT2D eigenvalue weighted by molar-refractivity contribution is 0.0763. The Morgan fingerprint density at radius 3 is 2.50 bits per heavy atom. The molecular weight excluding hydrogens is 251 g/mol. The number of benzene rings is 2. The zero-order chi connectivity index (χ0) is 13.2. The van der Waals surface area contributed by atoms with Crippen molar-refractivity contribution in [2.45, 2.75) is 18.9 Å². The standard InChI is InChI=1S/C15H14ClFO/c1-2-15(18,11-6-5-7-12(17)10-11)13-8-3-4-9-14(13)16/h3-10,18H,2H2,1H3. The summed E-state index contributed by atoms with van der Waals surface area (Å²) in [7, 11) is 0. The highest BCUT2D eigenvalue weighted by molar-refractivity contribution is 6.31. The number of hydrogen-bond donors (Lipinski definition) is 1. The van der Waals surface area contributed by atoms with E-state index in [0.29, 0.717) is 22.6 Å².